The van der Waals surface area contributed by atoms with Crippen LogP contribution in [0.15, 0.2) is 65.7 Å². The summed E-state index contributed by atoms with van der Waals surface area (Å²) in [5, 5.41) is 6.87. The molecule has 162 valence electrons. The number of hydrogen-bond donors (Lipinski definition) is 1. The molecule has 2 aromatic carbocycles. The van der Waals surface area contributed by atoms with Crippen molar-refractivity contribution < 1.29 is 17.6 Å². The highest BCUT2D eigenvalue weighted by atomic mass is 32.2. The summed E-state index contributed by atoms with van der Waals surface area (Å²) in [6.07, 6.45) is 4.30. The lowest BCUT2D eigenvalue weighted by molar-refractivity contribution is 0.0945. The average Bonchev–Trinajstić information content (AvgIpc) is 3.29. The summed E-state index contributed by atoms with van der Waals surface area (Å²) in [7, 11) is -3.54. The number of nitrogens with zero attached hydrogens (tertiary/aromatic N) is 3. The molecule has 0 aliphatic carbocycles. The summed E-state index contributed by atoms with van der Waals surface area (Å²) in [5.41, 5.74) is 1.05. The number of amides is 1. The van der Waals surface area contributed by atoms with Crippen molar-refractivity contribution in [2.75, 3.05) is 13.1 Å². The van der Waals surface area contributed by atoms with Gasteiger partial charge >= 0.3 is 0 Å². The molecule has 4 rings (SSSR count). The van der Waals surface area contributed by atoms with Gasteiger partial charge in [-0.2, -0.15) is 9.40 Å². The zero-order valence-corrected chi connectivity index (χ0v) is 17.7. The molecule has 1 aliphatic heterocycles. The summed E-state index contributed by atoms with van der Waals surface area (Å²) in [4.78, 5) is 12.7. The van der Waals surface area contributed by atoms with E-state index in [-0.39, 0.29) is 22.8 Å². The van der Waals surface area contributed by atoms with Crippen molar-refractivity contribution in [3.63, 3.8) is 0 Å². The van der Waals surface area contributed by atoms with E-state index < -0.39 is 21.7 Å². The molecule has 7 nitrogen and oxygen atoms in total. The van der Waals surface area contributed by atoms with Crippen molar-refractivity contribution in [2.45, 2.75) is 30.7 Å². The Kier molecular flexibility index (Phi) is 6.15. The monoisotopic (exact) mass is 442 g/mol. The van der Waals surface area contributed by atoms with Crippen molar-refractivity contribution in [1.82, 2.24) is 19.4 Å². The molecule has 0 radical (unpaired) electrons. The molecule has 0 bridgehead atoms. The van der Waals surface area contributed by atoms with Crippen molar-refractivity contribution in [2.24, 2.45) is 0 Å². The number of aromatic nitrogens is 2. The topological polar surface area (TPSA) is 84.3 Å². The third-order valence-corrected chi connectivity index (χ3v) is 7.12. The normalized spacial score (nSPS) is 15.0. The molecule has 0 atom stereocenters. The molecular formula is C22H23FN4O3S. The number of halogens is 1. The van der Waals surface area contributed by atoms with E-state index in [9.17, 15) is 17.6 Å². The molecule has 0 spiro atoms. The van der Waals surface area contributed by atoms with Gasteiger partial charge in [-0.25, -0.2) is 17.5 Å². The zero-order chi connectivity index (χ0) is 21.8. The number of benzene rings is 2. The number of para-hydroxylation sites is 1. The SMILES string of the molecule is O=C(NCc1cccc(S(=O)(=O)N2CCCCC2)c1)c1ccn(-c2ccccc2F)n1. The Morgan fingerprint density at radius 1 is 1.03 bits per heavy atom. The molecule has 31 heavy (non-hydrogen) atoms. The number of carbonyl (C=O) groups excluding carboxylic acids is 1. The summed E-state index contributed by atoms with van der Waals surface area (Å²) in [6, 6.07) is 14.2. The molecule has 2 heterocycles. The molecule has 1 fully saturated rings. The van der Waals surface area contributed by atoms with E-state index in [0.29, 0.717) is 18.7 Å². The quantitative estimate of drug-likeness (QED) is 0.636. The van der Waals surface area contributed by atoms with E-state index >= 15 is 0 Å². The summed E-state index contributed by atoms with van der Waals surface area (Å²) in [6.45, 7) is 1.22. The Morgan fingerprint density at radius 2 is 1.81 bits per heavy atom. The molecule has 0 saturated carbocycles. The van der Waals surface area contributed by atoms with Gasteiger partial charge in [-0.3, -0.25) is 4.79 Å². The molecule has 1 saturated heterocycles. The third-order valence-electron chi connectivity index (χ3n) is 5.23. The van der Waals surface area contributed by atoms with Crippen LogP contribution in [0.3, 0.4) is 0 Å². The molecule has 1 amide bonds. The maximum atomic E-state index is 13.9. The van der Waals surface area contributed by atoms with Gasteiger partial charge in [0.05, 0.1) is 4.90 Å². The molecular weight excluding hydrogens is 419 g/mol. The average molecular weight is 443 g/mol. The Labute approximate surface area is 180 Å². The standard InChI is InChI=1S/C22H23FN4O3S/c23-19-9-2-3-10-21(19)27-14-11-20(25-27)22(28)24-16-17-7-6-8-18(15-17)31(29,30)26-12-4-1-5-13-26/h2-3,6-11,14-15H,1,4-5,12-13,16H2,(H,24,28). The lowest BCUT2D eigenvalue weighted by Gasteiger charge is -2.26. The second-order valence-electron chi connectivity index (χ2n) is 7.39. The first-order chi connectivity index (χ1) is 14.9. The van der Waals surface area contributed by atoms with Gasteiger partial charge in [0.25, 0.3) is 5.91 Å². The van der Waals surface area contributed by atoms with Crippen LogP contribution in [0.1, 0.15) is 35.3 Å². The molecule has 1 aromatic heterocycles. The van der Waals surface area contributed by atoms with Crippen LogP contribution in [0.5, 0.6) is 0 Å². The third kappa shape index (κ3) is 4.67. The van der Waals surface area contributed by atoms with Crippen LogP contribution in [0.25, 0.3) is 5.69 Å². The molecule has 3 aromatic rings. The van der Waals surface area contributed by atoms with E-state index in [1.165, 1.54) is 27.3 Å². The first kappa shape index (κ1) is 21.2. The summed E-state index contributed by atoms with van der Waals surface area (Å²) in [5.74, 6) is -0.872. The number of nitrogens with one attached hydrogen (secondary N) is 1. The summed E-state index contributed by atoms with van der Waals surface area (Å²) >= 11 is 0. The fourth-order valence-electron chi connectivity index (χ4n) is 3.56. The highest BCUT2D eigenvalue weighted by Gasteiger charge is 2.26. The van der Waals surface area contributed by atoms with E-state index in [1.54, 1.807) is 42.5 Å². The predicted molar refractivity (Wildman–Crippen MR) is 114 cm³/mol. The minimum absolute atomic E-state index is 0.139. The highest BCUT2D eigenvalue weighted by Crippen LogP contribution is 2.21. The molecule has 0 unspecified atom stereocenters. The zero-order valence-electron chi connectivity index (χ0n) is 16.9. The van der Waals surface area contributed by atoms with E-state index in [4.69, 9.17) is 0 Å². The maximum absolute atomic E-state index is 13.9. The highest BCUT2D eigenvalue weighted by molar-refractivity contribution is 7.89. The molecule has 1 N–H and O–H groups in total. The summed E-state index contributed by atoms with van der Waals surface area (Å²) < 4.78 is 42.4. The van der Waals surface area contributed by atoms with E-state index in [0.717, 1.165) is 19.3 Å². The van der Waals surface area contributed by atoms with Gasteiger partial charge in [0.2, 0.25) is 10.0 Å². The van der Waals surface area contributed by atoms with Crippen LogP contribution in [0, 0.1) is 5.82 Å². The Balaban J connectivity index is 1.43. The number of carbonyl (C=O) groups is 1. The van der Waals surface area contributed by atoms with Crippen LogP contribution in [0.4, 0.5) is 4.39 Å². The molecule has 9 heteroatoms. The van der Waals surface area contributed by atoms with Crippen LogP contribution < -0.4 is 5.32 Å². The Morgan fingerprint density at radius 3 is 2.58 bits per heavy atom. The van der Waals surface area contributed by atoms with Crippen LogP contribution in [-0.2, 0) is 16.6 Å². The van der Waals surface area contributed by atoms with Crippen LogP contribution in [-0.4, -0.2) is 41.5 Å². The lowest BCUT2D eigenvalue weighted by Crippen LogP contribution is -2.35. The number of sulfonamides is 1. The van der Waals surface area contributed by atoms with Crippen molar-refractivity contribution in [1.29, 1.82) is 0 Å². The van der Waals surface area contributed by atoms with Gasteiger partial charge in [-0.1, -0.05) is 30.7 Å². The largest absolute Gasteiger partial charge is 0.347 e. The maximum Gasteiger partial charge on any atom is 0.272 e. The van der Waals surface area contributed by atoms with E-state index in [1.807, 2.05) is 0 Å². The second-order valence-corrected chi connectivity index (χ2v) is 9.33. The lowest BCUT2D eigenvalue weighted by atomic mass is 10.2. The van der Waals surface area contributed by atoms with Crippen molar-refractivity contribution >= 4 is 15.9 Å². The second kappa shape index (κ2) is 8.99. The van der Waals surface area contributed by atoms with Gasteiger partial charge in [-0.15, -0.1) is 0 Å². The Bertz CT molecular complexity index is 1190. The smallest absolute Gasteiger partial charge is 0.272 e. The predicted octanol–water partition coefficient (Wildman–Crippen LogP) is 3.12. The Hall–Kier alpha value is -3.04. The van der Waals surface area contributed by atoms with Gasteiger partial charge in [0.15, 0.2) is 5.69 Å². The minimum Gasteiger partial charge on any atom is -0.347 e. The van der Waals surface area contributed by atoms with Crippen LogP contribution in [0.2, 0.25) is 0 Å². The van der Waals surface area contributed by atoms with Gasteiger partial charge in [0.1, 0.15) is 11.5 Å². The first-order valence-corrected chi connectivity index (χ1v) is 11.6. The number of rotatable bonds is 6. The van der Waals surface area contributed by atoms with E-state index in [2.05, 4.69) is 10.4 Å². The number of hydrogen-bond acceptors (Lipinski definition) is 4. The van der Waals surface area contributed by atoms with Gasteiger partial charge in [0, 0.05) is 25.8 Å². The van der Waals surface area contributed by atoms with Gasteiger partial charge in [-0.05, 0) is 48.7 Å². The van der Waals surface area contributed by atoms with Gasteiger partial charge < -0.3 is 5.32 Å². The minimum atomic E-state index is -3.54. The fraction of sp³-hybridized carbons (Fsp3) is 0.273. The first-order valence-electron chi connectivity index (χ1n) is 10.1. The van der Waals surface area contributed by atoms with Crippen molar-refractivity contribution in [3.05, 3.63) is 77.9 Å². The molecule has 1 aliphatic rings. The van der Waals surface area contributed by atoms with Crippen molar-refractivity contribution in [3.8, 4) is 5.69 Å². The van der Waals surface area contributed by atoms with Crippen LogP contribution >= 0.6 is 0 Å². The fourth-order valence-corrected chi connectivity index (χ4v) is 5.15. The number of piperidine rings is 1.